The van der Waals surface area contributed by atoms with Crippen molar-refractivity contribution in [3.05, 3.63) is 59.7 Å². The molecule has 0 spiro atoms. The third-order valence-electron chi connectivity index (χ3n) is 3.36. The highest BCUT2D eigenvalue weighted by molar-refractivity contribution is 5.67. The molecule has 134 valence electrons. The monoisotopic (exact) mass is 346 g/mol. The standard InChI is InChI=1S/C10H12O3.C9H10O3/c11-9-6-4-8(5-7-9)2-1-3-10(12)13;10-8-4-1-7(2-5-8)3-6-9(11)12/h4-7,11H,1-3H2,(H,12,13);1-2,4-5,10H,3,6H2,(H,11,12). The van der Waals surface area contributed by atoms with Gasteiger partial charge in [-0.3, -0.25) is 9.59 Å². The molecule has 6 nitrogen and oxygen atoms in total. The summed E-state index contributed by atoms with van der Waals surface area (Å²) in [6, 6.07) is 13.4. The summed E-state index contributed by atoms with van der Waals surface area (Å²) in [7, 11) is 0. The second-order valence-corrected chi connectivity index (χ2v) is 5.47. The van der Waals surface area contributed by atoms with E-state index in [9.17, 15) is 9.59 Å². The van der Waals surface area contributed by atoms with Crippen molar-refractivity contribution in [3.63, 3.8) is 0 Å². The lowest BCUT2D eigenvalue weighted by atomic mass is 10.1. The summed E-state index contributed by atoms with van der Waals surface area (Å²) >= 11 is 0. The molecular formula is C19H22O6. The summed E-state index contributed by atoms with van der Waals surface area (Å²) in [5.74, 6) is -1.13. The molecule has 4 N–H and O–H groups in total. The molecule has 2 aromatic carbocycles. The van der Waals surface area contributed by atoms with Gasteiger partial charge in [0.1, 0.15) is 11.5 Å². The van der Waals surface area contributed by atoms with Crippen molar-refractivity contribution < 1.29 is 30.0 Å². The molecule has 0 aliphatic heterocycles. The van der Waals surface area contributed by atoms with Crippen LogP contribution in [0.25, 0.3) is 0 Å². The van der Waals surface area contributed by atoms with Gasteiger partial charge in [-0.05, 0) is 54.7 Å². The molecule has 6 heteroatoms. The lowest BCUT2D eigenvalue weighted by molar-refractivity contribution is -0.138. The molecule has 0 bridgehead atoms. The molecule has 0 radical (unpaired) electrons. The summed E-state index contributed by atoms with van der Waals surface area (Å²) in [6.45, 7) is 0. The quantitative estimate of drug-likeness (QED) is 0.612. The Hall–Kier alpha value is -3.02. The second-order valence-electron chi connectivity index (χ2n) is 5.47. The first-order valence-corrected chi connectivity index (χ1v) is 7.86. The van der Waals surface area contributed by atoms with Crippen molar-refractivity contribution in [2.45, 2.75) is 32.1 Å². The number of benzene rings is 2. The molecule has 2 rings (SSSR count). The maximum atomic E-state index is 10.2. The van der Waals surface area contributed by atoms with E-state index in [1.54, 1.807) is 48.5 Å². The summed E-state index contributed by atoms with van der Waals surface area (Å²) in [4.78, 5) is 20.4. The average Bonchev–Trinajstić information content (AvgIpc) is 2.56. The number of carboxylic acids is 2. The smallest absolute Gasteiger partial charge is 0.303 e. The largest absolute Gasteiger partial charge is 0.508 e. The minimum atomic E-state index is -0.803. The molecule has 0 saturated carbocycles. The summed E-state index contributed by atoms with van der Waals surface area (Å²) < 4.78 is 0. The number of carbonyl (C=O) groups is 2. The van der Waals surface area contributed by atoms with Crippen LogP contribution in [-0.2, 0) is 22.4 Å². The van der Waals surface area contributed by atoms with Crippen LogP contribution in [0.3, 0.4) is 0 Å². The topological polar surface area (TPSA) is 115 Å². The van der Waals surface area contributed by atoms with E-state index in [4.69, 9.17) is 20.4 Å². The highest BCUT2D eigenvalue weighted by atomic mass is 16.4. The Kier molecular flexibility index (Phi) is 8.57. The summed E-state index contributed by atoms with van der Waals surface area (Å²) in [6.07, 6.45) is 2.22. The minimum absolute atomic E-state index is 0.130. The maximum absolute atomic E-state index is 10.2. The van der Waals surface area contributed by atoms with E-state index < -0.39 is 11.9 Å². The van der Waals surface area contributed by atoms with Gasteiger partial charge < -0.3 is 20.4 Å². The number of carboxylic acid groups (broad SMARTS) is 2. The highest BCUT2D eigenvalue weighted by Gasteiger charge is 1.99. The maximum Gasteiger partial charge on any atom is 0.303 e. The predicted octanol–water partition coefficient (Wildman–Crippen LogP) is 3.21. The van der Waals surface area contributed by atoms with Crippen molar-refractivity contribution in [3.8, 4) is 11.5 Å². The number of rotatable bonds is 7. The van der Waals surface area contributed by atoms with Crippen LogP contribution in [0, 0.1) is 0 Å². The van der Waals surface area contributed by atoms with Gasteiger partial charge in [-0.2, -0.15) is 0 Å². The Bertz CT molecular complexity index is 661. The second kappa shape index (κ2) is 10.7. The number of aromatic hydroxyl groups is 2. The van der Waals surface area contributed by atoms with E-state index in [-0.39, 0.29) is 24.3 Å². The van der Waals surface area contributed by atoms with Gasteiger partial charge in [-0.25, -0.2) is 0 Å². The Morgan fingerprint density at radius 2 is 1.04 bits per heavy atom. The van der Waals surface area contributed by atoms with Crippen LogP contribution in [0.4, 0.5) is 0 Å². The number of hydrogen-bond donors (Lipinski definition) is 4. The van der Waals surface area contributed by atoms with Crippen molar-refractivity contribution in [1.29, 1.82) is 0 Å². The van der Waals surface area contributed by atoms with Gasteiger partial charge in [0.15, 0.2) is 0 Å². The number of phenols is 2. The zero-order valence-electron chi connectivity index (χ0n) is 13.8. The summed E-state index contributed by atoms with van der Waals surface area (Å²) in [5.41, 5.74) is 1.98. The van der Waals surface area contributed by atoms with Crippen LogP contribution in [-0.4, -0.2) is 32.4 Å². The summed E-state index contributed by atoms with van der Waals surface area (Å²) in [5, 5.41) is 34.7. The molecule has 0 aromatic heterocycles. The lowest BCUT2D eigenvalue weighted by Crippen LogP contribution is -1.96. The fourth-order valence-corrected chi connectivity index (χ4v) is 2.02. The van der Waals surface area contributed by atoms with Gasteiger partial charge in [-0.15, -0.1) is 0 Å². The van der Waals surface area contributed by atoms with Gasteiger partial charge >= 0.3 is 11.9 Å². The third-order valence-corrected chi connectivity index (χ3v) is 3.36. The van der Waals surface area contributed by atoms with E-state index in [1.807, 2.05) is 0 Å². The lowest BCUT2D eigenvalue weighted by Gasteiger charge is -1.99. The molecule has 0 aliphatic rings. The van der Waals surface area contributed by atoms with E-state index in [1.165, 1.54) is 0 Å². The molecular weight excluding hydrogens is 324 g/mol. The SMILES string of the molecule is O=C(O)CCCc1ccc(O)cc1.O=C(O)CCc1ccc(O)cc1. The van der Waals surface area contributed by atoms with Crippen LogP contribution >= 0.6 is 0 Å². The fourth-order valence-electron chi connectivity index (χ4n) is 2.02. The van der Waals surface area contributed by atoms with Crippen LogP contribution in [0.2, 0.25) is 0 Å². The normalized spacial score (nSPS) is 9.76. The first kappa shape index (κ1) is 20.0. The van der Waals surface area contributed by atoms with Crippen LogP contribution < -0.4 is 0 Å². The van der Waals surface area contributed by atoms with Crippen LogP contribution in [0.1, 0.15) is 30.4 Å². The third kappa shape index (κ3) is 9.65. The van der Waals surface area contributed by atoms with Crippen molar-refractivity contribution in [2.24, 2.45) is 0 Å². The molecule has 0 aliphatic carbocycles. The number of aliphatic carboxylic acids is 2. The number of aryl methyl sites for hydroxylation is 2. The Morgan fingerprint density at radius 1 is 0.640 bits per heavy atom. The predicted molar refractivity (Wildman–Crippen MR) is 92.7 cm³/mol. The molecule has 2 aromatic rings. The van der Waals surface area contributed by atoms with Gasteiger partial charge in [0.2, 0.25) is 0 Å². The Morgan fingerprint density at radius 3 is 1.44 bits per heavy atom. The van der Waals surface area contributed by atoms with E-state index >= 15 is 0 Å². The minimum Gasteiger partial charge on any atom is -0.508 e. The van der Waals surface area contributed by atoms with Gasteiger partial charge in [0.05, 0.1) is 0 Å². The first-order chi connectivity index (χ1) is 11.9. The van der Waals surface area contributed by atoms with E-state index in [0.29, 0.717) is 12.8 Å². The average molecular weight is 346 g/mol. The highest BCUT2D eigenvalue weighted by Crippen LogP contribution is 2.12. The molecule has 0 fully saturated rings. The fraction of sp³-hybridized carbons (Fsp3) is 0.263. The molecule has 0 amide bonds. The Labute approximate surface area is 146 Å². The van der Waals surface area contributed by atoms with Crippen molar-refractivity contribution in [1.82, 2.24) is 0 Å². The first-order valence-electron chi connectivity index (χ1n) is 7.86. The number of hydrogen-bond acceptors (Lipinski definition) is 4. The Balaban J connectivity index is 0.000000251. The molecule has 25 heavy (non-hydrogen) atoms. The van der Waals surface area contributed by atoms with E-state index in [2.05, 4.69) is 0 Å². The zero-order valence-corrected chi connectivity index (χ0v) is 13.8. The van der Waals surface area contributed by atoms with Crippen LogP contribution in [0.5, 0.6) is 11.5 Å². The van der Waals surface area contributed by atoms with Gasteiger partial charge in [-0.1, -0.05) is 24.3 Å². The van der Waals surface area contributed by atoms with Gasteiger partial charge in [0.25, 0.3) is 0 Å². The zero-order chi connectivity index (χ0) is 18.7. The molecule has 0 heterocycles. The van der Waals surface area contributed by atoms with Crippen molar-refractivity contribution in [2.75, 3.05) is 0 Å². The number of phenolic OH excluding ortho intramolecular Hbond substituents is 2. The van der Waals surface area contributed by atoms with Crippen molar-refractivity contribution >= 4 is 11.9 Å². The van der Waals surface area contributed by atoms with E-state index in [0.717, 1.165) is 17.5 Å². The molecule has 0 atom stereocenters. The molecule has 0 unspecified atom stereocenters. The molecule has 0 saturated heterocycles. The van der Waals surface area contributed by atoms with Gasteiger partial charge in [0, 0.05) is 12.8 Å². The van der Waals surface area contributed by atoms with Crippen LogP contribution in [0.15, 0.2) is 48.5 Å².